The molecule has 2 aromatic heterocycles. The molecule has 1 N–H and O–H groups in total. The van der Waals surface area contributed by atoms with Crippen LogP contribution in [0.25, 0.3) is 22.0 Å². The topological polar surface area (TPSA) is 74.3 Å². The lowest BCUT2D eigenvalue weighted by molar-refractivity contribution is -0.144. The van der Waals surface area contributed by atoms with Crippen molar-refractivity contribution in [2.24, 2.45) is 0 Å². The molecule has 0 atom stereocenters. The number of benzene rings is 1. The fourth-order valence-corrected chi connectivity index (χ4v) is 3.75. The summed E-state index contributed by atoms with van der Waals surface area (Å²) in [4.78, 5) is 20.8. The summed E-state index contributed by atoms with van der Waals surface area (Å²) in [5.41, 5.74) is 5.46. The van der Waals surface area contributed by atoms with E-state index in [9.17, 15) is 4.79 Å². The van der Waals surface area contributed by atoms with Gasteiger partial charge in [0, 0.05) is 54.7 Å². The number of aromatic nitrogens is 3. The van der Waals surface area contributed by atoms with E-state index in [1.165, 1.54) is 5.69 Å². The van der Waals surface area contributed by atoms with Gasteiger partial charge >= 0.3 is 5.97 Å². The van der Waals surface area contributed by atoms with Crippen LogP contribution in [0.15, 0.2) is 36.7 Å². The number of aromatic amines is 1. The molecule has 0 amide bonds. The van der Waals surface area contributed by atoms with Crippen LogP contribution in [-0.4, -0.2) is 65.4 Å². The maximum atomic E-state index is 11.7. The molecule has 28 heavy (non-hydrogen) atoms. The monoisotopic (exact) mass is 379 g/mol. The van der Waals surface area contributed by atoms with E-state index in [1.54, 1.807) is 0 Å². The third-order valence-corrected chi connectivity index (χ3v) is 5.23. The van der Waals surface area contributed by atoms with Crippen LogP contribution in [0.3, 0.4) is 0 Å². The van der Waals surface area contributed by atoms with Crippen LogP contribution in [0.4, 0.5) is 5.69 Å². The molecule has 1 aliphatic heterocycles. The van der Waals surface area contributed by atoms with E-state index in [1.807, 2.05) is 26.2 Å². The number of fused-ring (bicyclic) bond motifs is 1. The van der Waals surface area contributed by atoms with Crippen molar-refractivity contribution in [2.45, 2.75) is 13.8 Å². The third kappa shape index (κ3) is 3.71. The molecule has 1 aliphatic rings. The Morgan fingerprint density at radius 3 is 2.75 bits per heavy atom. The smallest absolute Gasteiger partial charge is 0.320 e. The summed E-state index contributed by atoms with van der Waals surface area (Å²) in [5.74, 6) is -0.148. The van der Waals surface area contributed by atoms with Crippen molar-refractivity contribution in [2.75, 3.05) is 44.2 Å². The molecule has 1 fully saturated rings. The van der Waals surface area contributed by atoms with Gasteiger partial charge in [-0.1, -0.05) is 6.07 Å². The van der Waals surface area contributed by atoms with Gasteiger partial charge < -0.3 is 9.64 Å². The number of hydrogen-bond acceptors (Lipinski definition) is 6. The highest BCUT2D eigenvalue weighted by Crippen LogP contribution is 2.31. The molecule has 0 radical (unpaired) electrons. The Hall–Kier alpha value is -2.93. The Balaban J connectivity index is 1.56. The van der Waals surface area contributed by atoms with Crippen molar-refractivity contribution in [1.82, 2.24) is 20.1 Å². The second-order valence-electron chi connectivity index (χ2n) is 7.04. The Labute approximate surface area is 164 Å². The summed E-state index contributed by atoms with van der Waals surface area (Å²) in [5, 5.41) is 8.28. The SMILES string of the molecule is CCOC(=O)CN1CCN(c2ccnc3ccc(-c4cn[nH]c4C)cc23)CC1. The highest BCUT2D eigenvalue weighted by molar-refractivity contribution is 5.94. The minimum Gasteiger partial charge on any atom is -0.465 e. The minimum atomic E-state index is -0.148. The Morgan fingerprint density at radius 2 is 2.04 bits per heavy atom. The van der Waals surface area contributed by atoms with Gasteiger partial charge in [-0.2, -0.15) is 5.10 Å². The lowest BCUT2D eigenvalue weighted by atomic mass is 10.0. The molecule has 146 valence electrons. The van der Waals surface area contributed by atoms with Crippen molar-refractivity contribution in [1.29, 1.82) is 0 Å². The molecule has 1 aromatic carbocycles. The number of aryl methyl sites for hydroxylation is 1. The summed E-state index contributed by atoms with van der Waals surface area (Å²) in [6.07, 6.45) is 3.73. The first-order valence-electron chi connectivity index (χ1n) is 9.67. The van der Waals surface area contributed by atoms with E-state index in [2.05, 4.69) is 49.2 Å². The lowest BCUT2D eigenvalue weighted by Crippen LogP contribution is -2.48. The summed E-state index contributed by atoms with van der Waals surface area (Å²) in [7, 11) is 0. The zero-order chi connectivity index (χ0) is 19.5. The van der Waals surface area contributed by atoms with E-state index in [0.29, 0.717) is 13.2 Å². The number of pyridine rings is 1. The van der Waals surface area contributed by atoms with Gasteiger partial charge in [0.1, 0.15) is 0 Å². The van der Waals surface area contributed by atoms with Gasteiger partial charge in [0.2, 0.25) is 0 Å². The number of hydrogen-bond donors (Lipinski definition) is 1. The number of carbonyl (C=O) groups is 1. The van der Waals surface area contributed by atoms with Crippen LogP contribution in [0.1, 0.15) is 12.6 Å². The number of carbonyl (C=O) groups excluding carboxylic acids is 1. The molecule has 7 heteroatoms. The van der Waals surface area contributed by atoms with E-state index in [-0.39, 0.29) is 5.97 Å². The predicted octanol–water partition coefficient (Wildman–Crippen LogP) is 2.62. The van der Waals surface area contributed by atoms with Gasteiger partial charge in [-0.3, -0.25) is 19.8 Å². The number of rotatable bonds is 5. The largest absolute Gasteiger partial charge is 0.465 e. The number of piperazine rings is 1. The fraction of sp³-hybridized carbons (Fsp3) is 0.381. The van der Waals surface area contributed by atoms with E-state index < -0.39 is 0 Å². The average Bonchev–Trinajstić information content (AvgIpc) is 3.14. The molecule has 1 saturated heterocycles. The quantitative estimate of drug-likeness (QED) is 0.687. The number of anilines is 1. The second kappa shape index (κ2) is 7.98. The number of H-pyrrole nitrogens is 1. The summed E-state index contributed by atoms with van der Waals surface area (Å²) in [6.45, 7) is 8.07. The molecule has 3 aromatic rings. The third-order valence-electron chi connectivity index (χ3n) is 5.23. The molecule has 0 saturated carbocycles. The molecule has 7 nitrogen and oxygen atoms in total. The Morgan fingerprint density at radius 1 is 1.21 bits per heavy atom. The van der Waals surface area contributed by atoms with Crippen LogP contribution >= 0.6 is 0 Å². The average molecular weight is 379 g/mol. The molecule has 4 rings (SSSR count). The zero-order valence-electron chi connectivity index (χ0n) is 16.3. The van der Waals surface area contributed by atoms with E-state index in [4.69, 9.17) is 4.74 Å². The van der Waals surface area contributed by atoms with Crippen LogP contribution < -0.4 is 4.90 Å². The van der Waals surface area contributed by atoms with Crippen molar-refractivity contribution >= 4 is 22.6 Å². The van der Waals surface area contributed by atoms with E-state index >= 15 is 0 Å². The molecule has 0 aliphatic carbocycles. The van der Waals surface area contributed by atoms with Gasteiger partial charge in [-0.25, -0.2) is 0 Å². The number of ether oxygens (including phenoxy) is 1. The summed E-state index contributed by atoms with van der Waals surface area (Å²) < 4.78 is 5.06. The summed E-state index contributed by atoms with van der Waals surface area (Å²) >= 11 is 0. The second-order valence-corrected chi connectivity index (χ2v) is 7.04. The first-order chi connectivity index (χ1) is 13.7. The fourth-order valence-electron chi connectivity index (χ4n) is 3.75. The molecule has 0 unspecified atom stereocenters. The number of nitrogens with zero attached hydrogens (tertiary/aromatic N) is 4. The van der Waals surface area contributed by atoms with Crippen molar-refractivity contribution < 1.29 is 9.53 Å². The maximum Gasteiger partial charge on any atom is 0.320 e. The highest BCUT2D eigenvalue weighted by Gasteiger charge is 2.21. The number of nitrogens with one attached hydrogen (secondary N) is 1. The number of esters is 1. The highest BCUT2D eigenvalue weighted by atomic mass is 16.5. The van der Waals surface area contributed by atoms with Crippen LogP contribution in [0.5, 0.6) is 0 Å². The Kier molecular flexibility index (Phi) is 5.25. The van der Waals surface area contributed by atoms with E-state index in [0.717, 1.165) is 53.9 Å². The first-order valence-corrected chi connectivity index (χ1v) is 9.67. The predicted molar refractivity (Wildman–Crippen MR) is 109 cm³/mol. The van der Waals surface area contributed by atoms with Crippen molar-refractivity contribution in [3.63, 3.8) is 0 Å². The molecule has 0 bridgehead atoms. The molecular weight excluding hydrogens is 354 g/mol. The van der Waals surface area contributed by atoms with Gasteiger partial charge in [0.25, 0.3) is 0 Å². The van der Waals surface area contributed by atoms with Gasteiger partial charge in [0.05, 0.1) is 24.9 Å². The Bertz CT molecular complexity index is 976. The van der Waals surface area contributed by atoms with Crippen LogP contribution in [-0.2, 0) is 9.53 Å². The molecular formula is C21H25N5O2. The molecule has 0 spiro atoms. The standard InChI is InChI=1S/C21H25N5O2/c1-3-28-21(27)14-25-8-10-26(11-9-25)20-6-7-22-19-5-4-16(12-17(19)20)18-13-23-24-15(18)2/h4-7,12-13H,3,8-11,14H2,1-2H3,(H,23,24). The first kappa shape index (κ1) is 18.4. The van der Waals surface area contributed by atoms with Crippen molar-refractivity contribution in [3.8, 4) is 11.1 Å². The minimum absolute atomic E-state index is 0.148. The van der Waals surface area contributed by atoms with Crippen LogP contribution in [0, 0.1) is 6.92 Å². The lowest BCUT2D eigenvalue weighted by Gasteiger charge is -2.36. The normalized spacial score (nSPS) is 15.1. The van der Waals surface area contributed by atoms with Crippen molar-refractivity contribution in [3.05, 3.63) is 42.4 Å². The van der Waals surface area contributed by atoms with Gasteiger partial charge in [0.15, 0.2) is 0 Å². The zero-order valence-corrected chi connectivity index (χ0v) is 16.3. The van der Waals surface area contributed by atoms with Gasteiger partial charge in [-0.15, -0.1) is 0 Å². The summed E-state index contributed by atoms with van der Waals surface area (Å²) in [6, 6.07) is 8.43. The molecule has 3 heterocycles. The van der Waals surface area contributed by atoms with Gasteiger partial charge in [-0.05, 0) is 37.6 Å². The maximum absolute atomic E-state index is 11.7. The van der Waals surface area contributed by atoms with Crippen LogP contribution in [0.2, 0.25) is 0 Å².